The maximum absolute atomic E-state index is 4.74. The van der Waals surface area contributed by atoms with Gasteiger partial charge in [-0.2, -0.15) is 0 Å². The molecule has 4 heteroatoms. The highest BCUT2D eigenvalue weighted by Crippen LogP contribution is 2.43. The highest BCUT2D eigenvalue weighted by molar-refractivity contribution is 8.13. The van der Waals surface area contributed by atoms with Gasteiger partial charge in [0.25, 0.3) is 0 Å². The summed E-state index contributed by atoms with van der Waals surface area (Å²) in [5.74, 6) is 1.28. The summed E-state index contributed by atoms with van der Waals surface area (Å²) in [6.45, 7) is 6.48. The van der Waals surface area contributed by atoms with Crippen LogP contribution >= 0.6 is 11.8 Å². The standard InChI is InChI=1S/C13H25N3S/c1-3-16(2)9-8-14-12-15-10-13(11-17-12)6-4-5-7-13/h3-11H2,1-2H3,(H,14,15). The van der Waals surface area contributed by atoms with Gasteiger partial charge in [0.05, 0.1) is 0 Å². The molecular weight excluding hydrogens is 230 g/mol. The van der Waals surface area contributed by atoms with Crippen LogP contribution in [0.5, 0.6) is 0 Å². The molecule has 1 saturated carbocycles. The average molecular weight is 255 g/mol. The molecule has 0 bridgehead atoms. The Morgan fingerprint density at radius 3 is 2.76 bits per heavy atom. The van der Waals surface area contributed by atoms with Crippen LogP contribution in [0.15, 0.2) is 4.99 Å². The molecular formula is C13H25N3S. The first-order valence-electron chi connectivity index (χ1n) is 6.84. The van der Waals surface area contributed by atoms with Crippen LogP contribution in [0, 0.1) is 5.41 Å². The highest BCUT2D eigenvalue weighted by Gasteiger charge is 2.36. The van der Waals surface area contributed by atoms with Crippen molar-refractivity contribution in [3.05, 3.63) is 0 Å². The van der Waals surface area contributed by atoms with Gasteiger partial charge < -0.3 is 10.2 Å². The highest BCUT2D eigenvalue weighted by atomic mass is 32.2. The minimum absolute atomic E-state index is 0.566. The lowest BCUT2D eigenvalue weighted by Gasteiger charge is -2.31. The first-order valence-corrected chi connectivity index (χ1v) is 7.82. The second kappa shape index (κ2) is 6.10. The van der Waals surface area contributed by atoms with Crippen LogP contribution in [0.1, 0.15) is 32.6 Å². The SMILES string of the molecule is CCN(C)CCNC1=NCC2(CCCC2)CS1. The average Bonchev–Trinajstić information content (AvgIpc) is 2.80. The van der Waals surface area contributed by atoms with Crippen molar-refractivity contribution in [1.29, 1.82) is 0 Å². The minimum atomic E-state index is 0.566. The summed E-state index contributed by atoms with van der Waals surface area (Å²) in [5, 5.41) is 4.64. The number of thioether (sulfide) groups is 1. The van der Waals surface area contributed by atoms with E-state index in [-0.39, 0.29) is 0 Å². The summed E-state index contributed by atoms with van der Waals surface area (Å²) >= 11 is 1.94. The Hall–Kier alpha value is -0.220. The first-order chi connectivity index (χ1) is 8.24. The zero-order valence-corrected chi connectivity index (χ0v) is 12.0. The van der Waals surface area contributed by atoms with Crippen LogP contribution in [0.4, 0.5) is 0 Å². The monoisotopic (exact) mass is 255 g/mol. The van der Waals surface area contributed by atoms with Crippen LogP contribution in [0.3, 0.4) is 0 Å². The van der Waals surface area contributed by atoms with Crippen molar-refractivity contribution in [1.82, 2.24) is 10.2 Å². The smallest absolute Gasteiger partial charge is 0.156 e. The molecule has 3 nitrogen and oxygen atoms in total. The molecule has 0 saturated heterocycles. The molecule has 1 aliphatic carbocycles. The van der Waals surface area contributed by atoms with Gasteiger partial charge in [-0.3, -0.25) is 4.99 Å². The fourth-order valence-corrected chi connectivity index (χ4v) is 3.78. The molecule has 0 radical (unpaired) electrons. The quantitative estimate of drug-likeness (QED) is 0.834. The second-order valence-electron chi connectivity index (χ2n) is 5.44. The number of nitrogens with one attached hydrogen (secondary N) is 1. The van der Waals surface area contributed by atoms with E-state index < -0.39 is 0 Å². The number of likely N-dealkylation sites (N-methyl/N-ethyl adjacent to an activating group) is 1. The lowest BCUT2D eigenvalue weighted by atomic mass is 9.89. The molecule has 0 unspecified atom stereocenters. The Balaban J connectivity index is 1.71. The van der Waals surface area contributed by atoms with E-state index in [1.54, 1.807) is 0 Å². The van der Waals surface area contributed by atoms with Gasteiger partial charge in [-0.25, -0.2) is 0 Å². The number of amidine groups is 1. The molecule has 17 heavy (non-hydrogen) atoms. The Morgan fingerprint density at radius 1 is 1.41 bits per heavy atom. The molecule has 1 spiro atoms. The molecule has 1 N–H and O–H groups in total. The van der Waals surface area contributed by atoms with Gasteiger partial charge in [0.15, 0.2) is 5.17 Å². The third-order valence-electron chi connectivity index (χ3n) is 4.05. The van der Waals surface area contributed by atoms with Crippen molar-refractivity contribution in [3.8, 4) is 0 Å². The Bertz CT molecular complexity index is 272. The van der Waals surface area contributed by atoms with E-state index in [0.717, 1.165) is 26.2 Å². The molecule has 1 aliphatic heterocycles. The van der Waals surface area contributed by atoms with Gasteiger partial charge in [0.2, 0.25) is 0 Å². The van der Waals surface area contributed by atoms with Crippen LogP contribution < -0.4 is 5.32 Å². The van der Waals surface area contributed by atoms with Gasteiger partial charge in [-0.15, -0.1) is 0 Å². The molecule has 2 rings (SSSR count). The Labute approximate surface area is 109 Å². The molecule has 0 aromatic carbocycles. The number of hydrogen-bond donors (Lipinski definition) is 1. The van der Waals surface area contributed by atoms with Crippen LogP contribution in [-0.2, 0) is 0 Å². The lowest BCUT2D eigenvalue weighted by molar-refractivity contribution is 0.353. The van der Waals surface area contributed by atoms with Crippen molar-refractivity contribution in [2.24, 2.45) is 10.4 Å². The molecule has 0 aromatic rings. The van der Waals surface area contributed by atoms with Gasteiger partial charge in [-0.05, 0) is 31.8 Å². The van der Waals surface area contributed by atoms with Crippen molar-refractivity contribution in [2.45, 2.75) is 32.6 Å². The molecule has 1 heterocycles. The van der Waals surface area contributed by atoms with Crippen LogP contribution in [0.25, 0.3) is 0 Å². The molecule has 0 amide bonds. The summed E-state index contributed by atoms with van der Waals surface area (Å²) in [6, 6.07) is 0. The normalized spacial score (nSPS) is 23.1. The third-order valence-corrected chi connectivity index (χ3v) is 5.35. The fraction of sp³-hybridized carbons (Fsp3) is 0.923. The summed E-state index contributed by atoms with van der Waals surface area (Å²) in [4.78, 5) is 7.06. The number of aliphatic imine (C=N–C) groups is 1. The van der Waals surface area contributed by atoms with Crippen molar-refractivity contribution in [3.63, 3.8) is 0 Å². The largest absolute Gasteiger partial charge is 0.364 e. The van der Waals surface area contributed by atoms with E-state index in [2.05, 4.69) is 24.2 Å². The topological polar surface area (TPSA) is 27.6 Å². The van der Waals surface area contributed by atoms with E-state index >= 15 is 0 Å². The van der Waals surface area contributed by atoms with Crippen LogP contribution in [-0.4, -0.2) is 49.0 Å². The van der Waals surface area contributed by atoms with Gasteiger partial charge in [0.1, 0.15) is 0 Å². The maximum atomic E-state index is 4.74. The predicted molar refractivity (Wildman–Crippen MR) is 76.8 cm³/mol. The summed E-state index contributed by atoms with van der Waals surface area (Å²) in [5.41, 5.74) is 0.566. The first kappa shape index (κ1) is 13.2. The number of hydrogen-bond acceptors (Lipinski definition) is 4. The van der Waals surface area contributed by atoms with E-state index in [4.69, 9.17) is 4.99 Å². The van der Waals surface area contributed by atoms with Gasteiger partial charge >= 0.3 is 0 Å². The summed E-state index contributed by atoms with van der Waals surface area (Å²) in [6.07, 6.45) is 5.63. The summed E-state index contributed by atoms with van der Waals surface area (Å²) < 4.78 is 0. The predicted octanol–water partition coefficient (Wildman–Crippen LogP) is 2.19. The Morgan fingerprint density at radius 2 is 2.18 bits per heavy atom. The molecule has 0 atom stereocenters. The van der Waals surface area contributed by atoms with Crippen molar-refractivity contribution >= 4 is 16.9 Å². The van der Waals surface area contributed by atoms with E-state index in [0.29, 0.717) is 5.41 Å². The summed E-state index contributed by atoms with van der Waals surface area (Å²) in [7, 11) is 2.16. The zero-order chi connectivity index (χ0) is 12.1. The third kappa shape index (κ3) is 3.62. The maximum Gasteiger partial charge on any atom is 0.156 e. The van der Waals surface area contributed by atoms with Crippen molar-refractivity contribution < 1.29 is 0 Å². The minimum Gasteiger partial charge on any atom is -0.364 e. The van der Waals surface area contributed by atoms with E-state index in [1.807, 2.05) is 11.8 Å². The van der Waals surface area contributed by atoms with Crippen molar-refractivity contribution in [2.75, 3.05) is 39.0 Å². The van der Waals surface area contributed by atoms with E-state index in [9.17, 15) is 0 Å². The van der Waals surface area contributed by atoms with E-state index in [1.165, 1.54) is 36.6 Å². The Kier molecular flexibility index (Phi) is 4.74. The molecule has 2 aliphatic rings. The van der Waals surface area contributed by atoms with Gasteiger partial charge in [0, 0.05) is 25.4 Å². The second-order valence-corrected chi connectivity index (χ2v) is 6.40. The molecule has 0 aromatic heterocycles. The zero-order valence-electron chi connectivity index (χ0n) is 11.2. The lowest BCUT2D eigenvalue weighted by Crippen LogP contribution is -2.36. The fourth-order valence-electron chi connectivity index (χ4n) is 2.60. The van der Waals surface area contributed by atoms with Crippen LogP contribution in [0.2, 0.25) is 0 Å². The molecule has 98 valence electrons. The number of rotatable bonds is 4. The molecule has 1 fully saturated rings. The number of nitrogens with zero attached hydrogens (tertiary/aromatic N) is 2. The van der Waals surface area contributed by atoms with Gasteiger partial charge in [-0.1, -0.05) is 31.5 Å².